The standard InChI is InChI=1S/2C20H15.2C11H16O.C2H5.Zr/c2*1-14-12-16-8-5-11-19(20(16)13-14)18-10-4-7-15-6-2-3-9-17(15)18;2*1-8-5-6-10(12)9(7-8)11(2,3)4;1-2;/h2*2-13H,1H3;2*5-7,12H,1-4H3;1H2,2H3;/q;;;;;+2/p-2. The van der Waals surface area contributed by atoms with Crippen LogP contribution in [0.1, 0.15) is 114 Å². The van der Waals surface area contributed by atoms with Crippen molar-refractivity contribution in [2.75, 3.05) is 0 Å². The summed E-state index contributed by atoms with van der Waals surface area (Å²) in [5.74, 6) is 1.88. The number of fused-ring (bicyclic) bond motifs is 4. The zero-order chi connectivity index (χ0) is 47.1. The van der Waals surface area contributed by atoms with Crippen molar-refractivity contribution in [2.45, 2.75) is 98.4 Å². The molecule has 0 heterocycles. The summed E-state index contributed by atoms with van der Waals surface area (Å²) in [6, 6.07) is 58.8. The van der Waals surface area contributed by atoms with Crippen LogP contribution >= 0.6 is 0 Å². The van der Waals surface area contributed by atoms with Gasteiger partial charge in [-0.05, 0) is 0 Å². The third kappa shape index (κ3) is 7.39. The number of aryl methyl sites for hydroxylation is 2. The third-order valence-electron chi connectivity index (χ3n) is 15.2. The average Bonchev–Trinajstić information content (AvgIpc) is 3.85. The normalized spacial score (nSPS) is 16.6. The molecule has 3 heteroatoms. The second-order valence-electron chi connectivity index (χ2n) is 21.8. The molecule has 2 atom stereocenters. The molecule has 0 aromatic heterocycles. The maximum atomic E-state index is 8.71. The molecule has 0 N–H and O–H groups in total. The van der Waals surface area contributed by atoms with Gasteiger partial charge in [0, 0.05) is 0 Å². The Labute approximate surface area is 401 Å². The van der Waals surface area contributed by atoms with Crippen LogP contribution in [0, 0.1) is 13.8 Å². The first-order chi connectivity index (χ1) is 32.0. The molecule has 0 aliphatic heterocycles. The molecular weight excluding hydrogens is 892 g/mol. The molecule has 2 unspecified atom stereocenters. The van der Waals surface area contributed by atoms with Crippen molar-refractivity contribution in [2.24, 2.45) is 0 Å². The number of hydrogen-bond acceptors (Lipinski definition) is 2. The first-order valence-corrected chi connectivity index (χ1v) is 31.0. The van der Waals surface area contributed by atoms with E-state index in [4.69, 9.17) is 5.63 Å². The van der Waals surface area contributed by atoms with E-state index in [-0.39, 0.29) is 18.1 Å². The zero-order valence-electron chi connectivity index (χ0n) is 41.3. The van der Waals surface area contributed by atoms with Crippen molar-refractivity contribution in [3.63, 3.8) is 0 Å². The molecule has 0 saturated carbocycles. The van der Waals surface area contributed by atoms with Gasteiger partial charge in [-0.2, -0.15) is 0 Å². The Morgan fingerprint density at radius 2 is 0.806 bits per heavy atom. The summed E-state index contributed by atoms with van der Waals surface area (Å²) in [7, 11) is 0. The van der Waals surface area contributed by atoms with Crippen molar-refractivity contribution in [1.82, 2.24) is 0 Å². The molecule has 337 valence electrons. The van der Waals surface area contributed by atoms with Gasteiger partial charge >= 0.3 is 404 Å². The van der Waals surface area contributed by atoms with E-state index in [1.807, 2.05) is 0 Å². The fraction of sp³-hybridized carbons (Fsp3) is 0.250. The van der Waals surface area contributed by atoms with Crippen LogP contribution in [0.4, 0.5) is 0 Å². The second-order valence-corrected chi connectivity index (χ2v) is 34.3. The molecule has 8 aromatic carbocycles. The Morgan fingerprint density at radius 3 is 1.21 bits per heavy atom. The van der Waals surface area contributed by atoms with Crippen LogP contribution in [0.15, 0.2) is 169 Å². The fourth-order valence-corrected chi connectivity index (χ4v) is 29.9. The SMILES string of the molecule is C[CH2][Zr]([O]c1ccc(C)cc1C(C)(C)C)([O]c1ccc(C)cc1C(C)(C)C)([CH]1C(C)=Cc2c(-c3cccc4ccccc34)cccc21)[CH]1C(C)=Cc2c(-c3cccc4ccccc34)cccc21. The van der Waals surface area contributed by atoms with Crippen molar-refractivity contribution >= 4 is 33.7 Å². The summed E-state index contributed by atoms with van der Waals surface area (Å²) < 4.78 is 17.9. The second kappa shape index (κ2) is 16.5. The van der Waals surface area contributed by atoms with Gasteiger partial charge in [0.25, 0.3) is 0 Å². The van der Waals surface area contributed by atoms with Crippen LogP contribution in [0.2, 0.25) is 4.13 Å². The van der Waals surface area contributed by atoms with Crippen molar-refractivity contribution in [3.8, 4) is 33.8 Å². The third-order valence-corrected chi connectivity index (χ3v) is 31.7. The molecule has 0 bridgehead atoms. The minimum atomic E-state index is -5.90. The van der Waals surface area contributed by atoms with Gasteiger partial charge in [0.2, 0.25) is 0 Å². The average molecular weight is 957 g/mol. The van der Waals surface area contributed by atoms with Crippen LogP contribution in [0.5, 0.6) is 11.5 Å². The molecule has 0 fully saturated rings. The molecule has 8 aromatic rings. The van der Waals surface area contributed by atoms with Crippen molar-refractivity contribution in [3.05, 3.63) is 213 Å². The van der Waals surface area contributed by atoms with Crippen molar-refractivity contribution in [1.29, 1.82) is 0 Å². The van der Waals surface area contributed by atoms with Crippen LogP contribution in [0.25, 0.3) is 56.0 Å². The fourth-order valence-electron chi connectivity index (χ4n) is 12.2. The van der Waals surface area contributed by atoms with E-state index >= 15 is 0 Å². The van der Waals surface area contributed by atoms with E-state index in [0.29, 0.717) is 0 Å². The molecule has 0 saturated heterocycles. The number of benzene rings is 8. The van der Waals surface area contributed by atoms with Crippen molar-refractivity contribution < 1.29 is 25.3 Å². The van der Waals surface area contributed by atoms with Gasteiger partial charge in [-0.25, -0.2) is 0 Å². The number of allylic oxidation sites excluding steroid dienone is 2. The van der Waals surface area contributed by atoms with Gasteiger partial charge in [0.1, 0.15) is 0 Å². The maximum absolute atomic E-state index is 8.71. The van der Waals surface area contributed by atoms with Crippen LogP contribution < -0.4 is 5.63 Å². The van der Waals surface area contributed by atoms with E-state index < -0.39 is 19.7 Å². The zero-order valence-corrected chi connectivity index (χ0v) is 43.8. The molecule has 0 amide bonds. The van der Waals surface area contributed by atoms with E-state index in [1.165, 1.54) is 99.5 Å². The van der Waals surface area contributed by atoms with E-state index in [9.17, 15) is 0 Å². The van der Waals surface area contributed by atoms with Gasteiger partial charge in [-0.3, -0.25) is 0 Å². The first kappa shape index (κ1) is 45.0. The molecule has 2 aliphatic carbocycles. The van der Waals surface area contributed by atoms with Gasteiger partial charge in [0.05, 0.1) is 0 Å². The Morgan fingerprint density at radius 1 is 0.433 bits per heavy atom. The Kier molecular flexibility index (Phi) is 11.1. The summed E-state index contributed by atoms with van der Waals surface area (Å²) >= 11 is -5.90. The van der Waals surface area contributed by atoms with Gasteiger partial charge in [-0.15, -0.1) is 0 Å². The Balaban J connectivity index is 1.34. The Bertz CT molecular complexity index is 3100. The van der Waals surface area contributed by atoms with Gasteiger partial charge in [0.15, 0.2) is 0 Å². The predicted octanol–water partition coefficient (Wildman–Crippen LogP) is 18.3. The predicted molar refractivity (Wildman–Crippen MR) is 283 cm³/mol. The molecule has 0 radical (unpaired) electrons. The molecule has 2 nitrogen and oxygen atoms in total. The summed E-state index contributed by atoms with van der Waals surface area (Å²) in [4.78, 5) is 0. The van der Waals surface area contributed by atoms with Crippen LogP contribution in [-0.2, 0) is 30.5 Å². The first-order valence-electron chi connectivity index (χ1n) is 24.4. The summed E-state index contributed by atoms with van der Waals surface area (Å²) in [5.41, 5.74) is 17.2. The van der Waals surface area contributed by atoms with E-state index in [1.54, 1.807) is 0 Å². The van der Waals surface area contributed by atoms with E-state index in [0.717, 1.165) is 15.6 Å². The quantitative estimate of drug-likeness (QED) is 0.144. The minimum absolute atomic E-state index is 0.139. The molecule has 2 aliphatic rings. The Hall–Kier alpha value is -5.76. The summed E-state index contributed by atoms with van der Waals surface area (Å²) in [6.07, 6.45) is 4.99. The molecule has 0 spiro atoms. The summed E-state index contributed by atoms with van der Waals surface area (Å²) in [6.45, 7) is 25.5. The number of rotatable bonds is 9. The molecule has 10 rings (SSSR count). The topological polar surface area (TPSA) is 18.5 Å². The van der Waals surface area contributed by atoms with Gasteiger partial charge < -0.3 is 0 Å². The van der Waals surface area contributed by atoms with Crippen LogP contribution in [-0.4, -0.2) is 0 Å². The molecule has 67 heavy (non-hydrogen) atoms. The van der Waals surface area contributed by atoms with Crippen LogP contribution in [0.3, 0.4) is 0 Å². The van der Waals surface area contributed by atoms with E-state index in [2.05, 4.69) is 246 Å². The monoisotopic (exact) mass is 955 g/mol. The number of hydrogen-bond donors (Lipinski definition) is 0. The van der Waals surface area contributed by atoms with Gasteiger partial charge in [-0.1, -0.05) is 0 Å². The summed E-state index contributed by atoms with van der Waals surface area (Å²) in [5, 5.41) is 5.00. The molecular formula is C64H65O2Zr.